The Morgan fingerprint density at radius 2 is 1.65 bits per heavy atom. The van der Waals surface area contributed by atoms with Crippen molar-refractivity contribution in [1.82, 2.24) is 19.9 Å². The minimum absolute atomic E-state index is 0.196. The maximum absolute atomic E-state index is 13.4. The van der Waals surface area contributed by atoms with E-state index in [0.717, 1.165) is 12.0 Å². The molecular weight excluding hydrogens is 395 g/mol. The second kappa shape index (κ2) is 7.60. The first-order valence-electron chi connectivity index (χ1n) is 9.85. The Labute approximate surface area is 176 Å². The van der Waals surface area contributed by atoms with E-state index in [1.165, 1.54) is 34.5 Å². The molecule has 0 fully saturated rings. The summed E-state index contributed by atoms with van der Waals surface area (Å²) >= 11 is 0. The van der Waals surface area contributed by atoms with Gasteiger partial charge in [-0.05, 0) is 42.3 Å². The summed E-state index contributed by atoms with van der Waals surface area (Å²) in [6.07, 6.45) is 0.943. The lowest BCUT2D eigenvalue weighted by Gasteiger charge is -2.09. The summed E-state index contributed by atoms with van der Waals surface area (Å²) in [4.78, 5) is 17.5. The first kappa shape index (κ1) is 18.9. The van der Waals surface area contributed by atoms with Gasteiger partial charge in [0.15, 0.2) is 5.69 Å². The molecule has 0 atom stereocenters. The van der Waals surface area contributed by atoms with Crippen LogP contribution in [-0.2, 0) is 6.42 Å². The fraction of sp³-hybridized carbons (Fsp3) is 0.0833. The highest BCUT2D eigenvalue weighted by atomic mass is 19.1. The lowest BCUT2D eigenvalue weighted by atomic mass is 10.1. The normalized spacial score (nSPS) is 11.2. The van der Waals surface area contributed by atoms with Crippen LogP contribution in [0.2, 0.25) is 0 Å². The summed E-state index contributed by atoms with van der Waals surface area (Å²) in [5, 5.41) is 9.64. The smallest absolute Gasteiger partial charge is 0.279 e. The molecule has 0 bridgehead atoms. The van der Waals surface area contributed by atoms with E-state index in [1.807, 2.05) is 30.3 Å². The predicted octanol–water partition coefficient (Wildman–Crippen LogP) is 4.80. The third-order valence-electron chi connectivity index (χ3n) is 5.13. The molecule has 31 heavy (non-hydrogen) atoms. The molecule has 0 amide bonds. The molecule has 3 aromatic carbocycles. The van der Waals surface area contributed by atoms with E-state index in [1.54, 1.807) is 18.2 Å². The zero-order valence-electron chi connectivity index (χ0n) is 16.6. The monoisotopic (exact) mass is 412 g/mol. The zero-order valence-corrected chi connectivity index (χ0v) is 16.6. The van der Waals surface area contributed by atoms with Gasteiger partial charge in [0.2, 0.25) is 5.82 Å². The molecule has 6 nitrogen and oxygen atoms in total. The second-order valence-electron chi connectivity index (χ2n) is 7.06. The molecule has 5 aromatic rings. The SMILES string of the molecule is CCc1ccc(-c2noc(-c3nn(-c4ccc(F)cc4)c(=O)c4ccccc34)n2)cc1. The molecule has 0 aliphatic heterocycles. The molecule has 0 saturated heterocycles. The van der Waals surface area contributed by atoms with E-state index >= 15 is 0 Å². The van der Waals surface area contributed by atoms with E-state index in [9.17, 15) is 9.18 Å². The van der Waals surface area contributed by atoms with Crippen LogP contribution in [0.4, 0.5) is 4.39 Å². The molecule has 0 saturated carbocycles. The summed E-state index contributed by atoms with van der Waals surface area (Å²) in [5.74, 6) is 0.234. The van der Waals surface area contributed by atoms with Gasteiger partial charge in [-0.1, -0.05) is 54.5 Å². The fourth-order valence-corrected chi connectivity index (χ4v) is 3.43. The van der Waals surface area contributed by atoms with Gasteiger partial charge in [0.05, 0.1) is 11.1 Å². The van der Waals surface area contributed by atoms with Crippen molar-refractivity contribution < 1.29 is 8.91 Å². The highest BCUT2D eigenvalue weighted by Crippen LogP contribution is 2.26. The first-order chi connectivity index (χ1) is 15.1. The Morgan fingerprint density at radius 3 is 2.35 bits per heavy atom. The van der Waals surface area contributed by atoms with Crippen LogP contribution < -0.4 is 5.56 Å². The number of hydrogen-bond acceptors (Lipinski definition) is 5. The van der Waals surface area contributed by atoms with Crippen molar-refractivity contribution in [2.24, 2.45) is 0 Å². The number of hydrogen-bond donors (Lipinski definition) is 0. The van der Waals surface area contributed by atoms with Crippen molar-refractivity contribution in [1.29, 1.82) is 0 Å². The maximum Gasteiger partial charge on any atom is 0.279 e. The van der Waals surface area contributed by atoms with Crippen LogP contribution in [0.25, 0.3) is 39.4 Å². The van der Waals surface area contributed by atoms with Gasteiger partial charge in [0.1, 0.15) is 5.82 Å². The van der Waals surface area contributed by atoms with Crippen molar-refractivity contribution >= 4 is 10.8 Å². The summed E-state index contributed by atoms with van der Waals surface area (Å²) in [7, 11) is 0. The van der Waals surface area contributed by atoms with Gasteiger partial charge < -0.3 is 4.52 Å². The first-order valence-corrected chi connectivity index (χ1v) is 9.85. The Balaban J connectivity index is 1.68. The van der Waals surface area contributed by atoms with Gasteiger partial charge in [0.25, 0.3) is 11.4 Å². The molecule has 152 valence electrons. The number of benzene rings is 3. The summed E-state index contributed by atoms with van der Waals surface area (Å²) in [5.41, 5.74) is 2.53. The van der Waals surface area contributed by atoms with Gasteiger partial charge in [-0.2, -0.15) is 14.8 Å². The highest BCUT2D eigenvalue weighted by Gasteiger charge is 2.19. The minimum Gasteiger partial charge on any atom is -0.332 e. The van der Waals surface area contributed by atoms with Crippen LogP contribution in [0.15, 0.2) is 82.1 Å². The zero-order chi connectivity index (χ0) is 21.4. The van der Waals surface area contributed by atoms with Gasteiger partial charge in [-0.3, -0.25) is 4.79 Å². The maximum atomic E-state index is 13.4. The van der Waals surface area contributed by atoms with Gasteiger partial charge in [0, 0.05) is 10.9 Å². The summed E-state index contributed by atoms with van der Waals surface area (Å²) < 4.78 is 20.1. The van der Waals surface area contributed by atoms with E-state index < -0.39 is 5.82 Å². The molecular formula is C24H17FN4O2. The Morgan fingerprint density at radius 1 is 0.935 bits per heavy atom. The van der Waals surface area contributed by atoms with Crippen LogP contribution in [0.1, 0.15) is 12.5 Å². The van der Waals surface area contributed by atoms with Crippen molar-refractivity contribution in [3.63, 3.8) is 0 Å². The third-order valence-corrected chi connectivity index (χ3v) is 5.13. The topological polar surface area (TPSA) is 73.8 Å². The summed E-state index contributed by atoms with van der Waals surface area (Å²) in [6.45, 7) is 2.09. The molecule has 7 heteroatoms. The molecule has 0 radical (unpaired) electrons. The Hall–Kier alpha value is -4.13. The van der Waals surface area contributed by atoms with Crippen LogP contribution in [0.5, 0.6) is 0 Å². The second-order valence-corrected chi connectivity index (χ2v) is 7.06. The van der Waals surface area contributed by atoms with Crippen LogP contribution in [0, 0.1) is 5.82 Å². The molecule has 5 rings (SSSR count). The molecule has 0 aliphatic rings. The van der Waals surface area contributed by atoms with Gasteiger partial charge >= 0.3 is 0 Å². The van der Waals surface area contributed by atoms with E-state index in [-0.39, 0.29) is 11.4 Å². The minimum atomic E-state index is -0.395. The van der Waals surface area contributed by atoms with Crippen LogP contribution >= 0.6 is 0 Å². The predicted molar refractivity (Wildman–Crippen MR) is 115 cm³/mol. The number of aryl methyl sites for hydroxylation is 1. The number of fused-ring (bicyclic) bond motifs is 1. The molecule has 0 unspecified atom stereocenters. The largest absolute Gasteiger partial charge is 0.332 e. The quantitative estimate of drug-likeness (QED) is 0.424. The van der Waals surface area contributed by atoms with Crippen molar-refractivity contribution in [2.75, 3.05) is 0 Å². The number of halogens is 1. The van der Waals surface area contributed by atoms with Crippen LogP contribution in [-0.4, -0.2) is 19.9 Å². The average Bonchev–Trinajstić information content (AvgIpc) is 3.30. The third kappa shape index (κ3) is 3.40. The number of aromatic nitrogens is 4. The summed E-state index contributed by atoms with van der Waals surface area (Å²) in [6, 6.07) is 20.6. The van der Waals surface area contributed by atoms with Crippen LogP contribution in [0.3, 0.4) is 0 Å². The molecule has 0 spiro atoms. The van der Waals surface area contributed by atoms with Crippen molar-refractivity contribution in [3.8, 4) is 28.7 Å². The van der Waals surface area contributed by atoms with Crippen molar-refractivity contribution in [3.05, 3.63) is 94.5 Å². The lowest BCUT2D eigenvalue weighted by Crippen LogP contribution is -2.22. The van der Waals surface area contributed by atoms with E-state index in [0.29, 0.717) is 28.0 Å². The van der Waals surface area contributed by atoms with E-state index in [4.69, 9.17) is 4.52 Å². The van der Waals surface area contributed by atoms with Crippen molar-refractivity contribution in [2.45, 2.75) is 13.3 Å². The number of nitrogens with zero attached hydrogens (tertiary/aromatic N) is 4. The Bertz CT molecular complexity index is 1440. The standard InChI is InChI=1S/C24H17FN4O2/c1-2-15-7-9-16(10-8-15)22-26-23(31-28-22)21-19-5-3-4-6-20(19)24(30)29(27-21)18-13-11-17(25)12-14-18/h3-14H,2H2,1H3. The lowest BCUT2D eigenvalue weighted by molar-refractivity contribution is 0.430. The molecule has 2 aromatic heterocycles. The average molecular weight is 412 g/mol. The van der Waals surface area contributed by atoms with E-state index in [2.05, 4.69) is 22.2 Å². The molecule has 0 N–H and O–H groups in total. The highest BCUT2D eigenvalue weighted by molar-refractivity contribution is 5.92. The Kier molecular flexibility index (Phi) is 4.63. The fourth-order valence-electron chi connectivity index (χ4n) is 3.43. The van der Waals surface area contributed by atoms with Gasteiger partial charge in [-0.25, -0.2) is 4.39 Å². The molecule has 2 heterocycles. The van der Waals surface area contributed by atoms with Gasteiger partial charge in [-0.15, -0.1) is 0 Å². The molecule has 0 aliphatic carbocycles. The number of rotatable bonds is 4.